The second-order valence-electron chi connectivity index (χ2n) is 6.09. The highest BCUT2D eigenvalue weighted by Gasteiger charge is 2.43. The molecule has 132 valence electrons. The molecule has 0 aliphatic carbocycles. The first-order valence-corrected chi connectivity index (χ1v) is 9.01. The van der Waals surface area contributed by atoms with Gasteiger partial charge in [-0.05, 0) is 48.7 Å². The minimum Gasteiger partial charge on any atom is -0.480 e. The largest absolute Gasteiger partial charge is 0.480 e. The van der Waals surface area contributed by atoms with Crippen molar-refractivity contribution in [3.8, 4) is 5.88 Å². The van der Waals surface area contributed by atoms with Gasteiger partial charge in [-0.3, -0.25) is 4.79 Å². The van der Waals surface area contributed by atoms with Crippen molar-refractivity contribution >= 4 is 21.7 Å². The zero-order valence-corrected chi connectivity index (χ0v) is 16.4. The van der Waals surface area contributed by atoms with Crippen LogP contribution in [-0.4, -0.2) is 23.1 Å². The molecular weight excluding hydrogens is 392 g/mol. The van der Waals surface area contributed by atoms with Gasteiger partial charge in [0.25, 0.3) is 0 Å². The summed E-state index contributed by atoms with van der Waals surface area (Å²) < 4.78 is 6.08. The van der Waals surface area contributed by atoms with Crippen LogP contribution in [0.25, 0.3) is 0 Å². The third kappa shape index (κ3) is 3.03. The Labute approximate surface area is 161 Å². The molecule has 0 saturated heterocycles. The number of ketones is 1. The number of ether oxygens (including phenoxy) is 1. The molecule has 26 heavy (non-hydrogen) atoms. The van der Waals surface area contributed by atoms with E-state index in [1.807, 2.05) is 61.5 Å². The van der Waals surface area contributed by atoms with Gasteiger partial charge in [-0.25, -0.2) is 0 Å². The summed E-state index contributed by atoms with van der Waals surface area (Å²) >= 11 is 3.47. The average molecular weight is 411 g/mol. The Morgan fingerprint density at radius 3 is 2.23 bits per heavy atom. The maximum absolute atomic E-state index is 13.1. The van der Waals surface area contributed by atoms with Crippen LogP contribution >= 0.6 is 15.9 Å². The normalized spacial score (nSPS) is 13.1. The molecule has 0 fully saturated rings. The summed E-state index contributed by atoms with van der Waals surface area (Å²) in [7, 11) is 1.54. The van der Waals surface area contributed by atoms with Crippen molar-refractivity contribution in [3.63, 3.8) is 0 Å². The first-order chi connectivity index (χ1) is 12.5. The van der Waals surface area contributed by atoms with Gasteiger partial charge in [0.2, 0.25) is 5.88 Å². The maximum Gasteiger partial charge on any atom is 0.233 e. The van der Waals surface area contributed by atoms with Gasteiger partial charge in [0, 0.05) is 10.5 Å². The van der Waals surface area contributed by atoms with Gasteiger partial charge < -0.3 is 4.74 Å². The van der Waals surface area contributed by atoms with E-state index in [2.05, 4.69) is 26.1 Å². The number of nitrogens with zero attached hydrogens (tertiary/aromatic N) is 2. The number of carbonyl (C=O) groups excluding carboxylic acids is 1. The fourth-order valence-corrected chi connectivity index (χ4v) is 3.60. The van der Waals surface area contributed by atoms with Crippen LogP contribution in [0.5, 0.6) is 5.88 Å². The van der Waals surface area contributed by atoms with Gasteiger partial charge in [0.1, 0.15) is 5.41 Å². The van der Waals surface area contributed by atoms with Crippen molar-refractivity contribution in [2.24, 2.45) is 0 Å². The Balaban J connectivity index is 2.37. The van der Waals surface area contributed by atoms with E-state index in [9.17, 15) is 4.79 Å². The predicted octanol–water partition coefficient (Wildman–Crippen LogP) is 4.48. The minimum absolute atomic E-state index is 0.0198. The first kappa shape index (κ1) is 18.3. The van der Waals surface area contributed by atoms with Crippen molar-refractivity contribution in [1.29, 1.82) is 0 Å². The Morgan fingerprint density at radius 2 is 1.69 bits per heavy atom. The molecular formula is C21H19BrN2O2. The minimum atomic E-state index is -1.04. The summed E-state index contributed by atoms with van der Waals surface area (Å²) in [4.78, 5) is 13.1. The van der Waals surface area contributed by atoms with Crippen molar-refractivity contribution in [3.05, 3.63) is 87.5 Å². The number of carbonyl (C=O) groups is 1. The van der Waals surface area contributed by atoms with E-state index in [1.54, 1.807) is 13.0 Å². The molecule has 4 nitrogen and oxygen atoms in total. The van der Waals surface area contributed by atoms with Crippen LogP contribution in [-0.2, 0) is 10.2 Å². The van der Waals surface area contributed by atoms with E-state index < -0.39 is 5.41 Å². The van der Waals surface area contributed by atoms with Crippen LogP contribution < -0.4 is 4.74 Å². The molecule has 2 aromatic carbocycles. The van der Waals surface area contributed by atoms with Crippen LogP contribution in [0.3, 0.4) is 0 Å². The SMILES string of the molecule is COc1ccc([C@](C(C)=O)(c2ccc(Br)cc2)c2ccccc2C)nn1. The van der Waals surface area contributed by atoms with Crippen LogP contribution in [0.2, 0.25) is 0 Å². The summed E-state index contributed by atoms with van der Waals surface area (Å²) in [6.07, 6.45) is 0. The highest BCUT2D eigenvalue weighted by atomic mass is 79.9. The molecule has 0 N–H and O–H groups in total. The van der Waals surface area contributed by atoms with E-state index in [-0.39, 0.29) is 5.78 Å². The Hall–Kier alpha value is -2.53. The number of Topliss-reactive ketones (excluding diaryl/α,β-unsaturated/α-hetero) is 1. The zero-order chi connectivity index (χ0) is 18.7. The Morgan fingerprint density at radius 1 is 1.00 bits per heavy atom. The topological polar surface area (TPSA) is 52.1 Å². The molecule has 0 amide bonds. The molecule has 0 spiro atoms. The maximum atomic E-state index is 13.1. The standard InChI is InChI=1S/C21H19BrN2O2/c1-14-6-4-5-7-18(14)21(15(2)25,16-8-10-17(22)11-9-16)19-12-13-20(26-3)24-23-19/h4-13H,1-3H3/t21-/m1/s1. The van der Waals surface area contributed by atoms with Gasteiger partial charge in [-0.2, -0.15) is 5.10 Å². The summed E-state index contributed by atoms with van der Waals surface area (Å²) in [6.45, 7) is 3.60. The fraction of sp³-hybridized carbons (Fsp3) is 0.190. The summed E-state index contributed by atoms with van der Waals surface area (Å²) in [5, 5.41) is 8.46. The molecule has 0 saturated carbocycles. The first-order valence-electron chi connectivity index (χ1n) is 8.21. The molecule has 0 aliphatic heterocycles. The van der Waals surface area contributed by atoms with Crippen molar-refractivity contribution < 1.29 is 9.53 Å². The van der Waals surface area contributed by atoms with Gasteiger partial charge >= 0.3 is 0 Å². The summed E-state index contributed by atoms with van der Waals surface area (Å²) in [5.41, 5.74) is 2.30. The molecule has 3 rings (SSSR count). The number of aryl methyl sites for hydroxylation is 1. The lowest BCUT2D eigenvalue weighted by Gasteiger charge is -2.33. The molecule has 0 radical (unpaired) electrons. The number of hydrogen-bond acceptors (Lipinski definition) is 4. The number of benzene rings is 2. The third-order valence-electron chi connectivity index (χ3n) is 4.59. The van der Waals surface area contributed by atoms with Gasteiger partial charge in [0.15, 0.2) is 5.78 Å². The molecule has 0 bridgehead atoms. The van der Waals surface area contributed by atoms with E-state index in [4.69, 9.17) is 4.74 Å². The van der Waals surface area contributed by atoms with Crippen molar-refractivity contribution in [2.75, 3.05) is 7.11 Å². The molecule has 1 heterocycles. The monoisotopic (exact) mass is 410 g/mol. The highest BCUT2D eigenvalue weighted by Crippen LogP contribution is 2.41. The highest BCUT2D eigenvalue weighted by molar-refractivity contribution is 9.10. The second-order valence-corrected chi connectivity index (χ2v) is 7.00. The number of rotatable bonds is 5. The van der Waals surface area contributed by atoms with E-state index in [0.717, 1.165) is 21.2 Å². The van der Waals surface area contributed by atoms with Crippen molar-refractivity contribution in [2.45, 2.75) is 19.3 Å². The zero-order valence-electron chi connectivity index (χ0n) is 14.9. The fourth-order valence-electron chi connectivity index (χ4n) is 3.34. The van der Waals surface area contributed by atoms with Crippen LogP contribution in [0.1, 0.15) is 29.3 Å². The van der Waals surface area contributed by atoms with Crippen LogP contribution in [0.15, 0.2) is 65.1 Å². The molecule has 0 aliphatic rings. The lowest BCUT2D eigenvalue weighted by Crippen LogP contribution is -2.38. The van der Waals surface area contributed by atoms with E-state index in [0.29, 0.717) is 11.6 Å². The molecule has 5 heteroatoms. The molecule has 0 unspecified atom stereocenters. The summed E-state index contributed by atoms with van der Waals surface area (Å²) in [5.74, 6) is 0.389. The second kappa shape index (κ2) is 7.38. The lowest BCUT2D eigenvalue weighted by molar-refractivity contribution is -0.120. The van der Waals surface area contributed by atoms with Gasteiger partial charge in [0.05, 0.1) is 12.8 Å². The lowest BCUT2D eigenvalue weighted by atomic mass is 9.68. The Bertz CT molecular complexity index is 924. The van der Waals surface area contributed by atoms with Gasteiger partial charge in [-0.1, -0.05) is 52.3 Å². The van der Waals surface area contributed by atoms with Crippen molar-refractivity contribution in [1.82, 2.24) is 10.2 Å². The van der Waals surface area contributed by atoms with Crippen LogP contribution in [0, 0.1) is 6.92 Å². The smallest absolute Gasteiger partial charge is 0.233 e. The Kier molecular flexibility index (Phi) is 5.18. The van der Waals surface area contributed by atoms with E-state index >= 15 is 0 Å². The third-order valence-corrected chi connectivity index (χ3v) is 5.12. The number of aromatic nitrogens is 2. The number of methoxy groups -OCH3 is 1. The van der Waals surface area contributed by atoms with E-state index in [1.165, 1.54) is 7.11 Å². The predicted molar refractivity (Wildman–Crippen MR) is 104 cm³/mol. The number of hydrogen-bond donors (Lipinski definition) is 0. The van der Waals surface area contributed by atoms with Crippen LogP contribution in [0.4, 0.5) is 0 Å². The molecule has 1 atom stereocenters. The van der Waals surface area contributed by atoms with Gasteiger partial charge in [-0.15, -0.1) is 5.10 Å². The average Bonchev–Trinajstić information content (AvgIpc) is 2.65. The number of halogens is 1. The summed E-state index contributed by atoms with van der Waals surface area (Å²) in [6, 6.07) is 19.2. The quantitative estimate of drug-likeness (QED) is 0.621. The molecule has 1 aromatic heterocycles. The molecule has 3 aromatic rings.